The molecule has 0 aliphatic carbocycles. The van der Waals surface area contributed by atoms with Gasteiger partial charge in [0.1, 0.15) is 5.75 Å². The Morgan fingerprint density at radius 3 is 2.51 bits per heavy atom. The maximum Gasteiger partial charge on any atom is 0.338 e. The molecule has 0 amide bonds. The Labute approximate surface area is 247 Å². The second-order valence-corrected chi connectivity index (χ2v) is 11.6. The van der Waals surface area contributed by atoms with Gasteiger partial charge in [-0.05, 0) is 77.2 Å². The second-order valence-electron chi connectivity index (χ2n) is 8.60. The number of thioether (sulfide) groups is 1. The molecule has 5 rings (SSSR count). The third-order valence-corrected chi connectivity index (χ3v) is 8.85. The summed E-state index contributed by atoms with van der Waals surface area (Å²) in [6, 6.07) is 22.6. The normalized spacial score (nSPS) is 15.1. The highest BCUT2D eigenvalue weighted by atomic mass is 127. The molecular weight excluding hydrogens is 643 g/mol. The van der Waals surface area contributed by atoms with Crippen molar-refractivity contribution in [3.63, 3.8) is 0 Å². The summed E-state index contributed by atoms with van der Waals surface area (Å²) in [4.78, 5) is 34.0. The fraction of sp³-hybridized carbons (Fsp3) is 0.167. The van der Waals surface area contributed by atoms with Gasteiger partial charge in [-0.15, -0.1) is 11.8 Å². The fourth-order valence-corrected chi connectivity index (χ4v) is 6.63. The van der Waals surface area contributed by atoms with Gasteiger partial charge < -0.3 is 9.47 Å². The van der Waals surface area contributed by atoms with Crippen molar-refractivity contribution in [2.45, 2.75) is 17.9 Å². The number of thiazole rings is 1. The molecule has 0 radical (unpaired) electrons. The highest BCUT2D eigenvalue weighted by Crippen LogP contribution is 2.35. The summed E-state index contributed by atoms with van der Waals surface area (Å²) in [5.41, 5.74) is 3.12. The maximum absolute atomic E-state index is 14.0. The van der Waals surface area contributed by atoms with Crippen LogP contribution >= 0.6 is 45.7 Å². The Kier molecular flexibility index (Phi) is 8.39. The quantitative estimate of drug-likeness (QED) is 0.153. The van der Waals surface area contributed by atoms with E-state index in [9.17, 15) is 9.59 Å². The summed E-state index contributed by atoms with van der Waals surface area (Å²) >= 11 is 5.15. The summed E-state index contributed by atoms with van der Waals surface area (Å²) in [7, 11) is 1.63. The average molecular weight is 669 g/mol. The Morgan fingerprint density at radius 1 is 1.13 bits per heavy atom. The number of halogens is 1. The number of carbonyl (C=O) groups is 1. The number of ether oxygens (including phenoxy) is 2. The molecule has 1 aliphatic rings. The highest BCUT2D eigenvalue weighted by Gasteiger charge is 2.35. The number of hydrogen-bond acceptors (Lipinski definition) is 7. The minimum Gasteiger partial charge on any atom is -0.496 e. The minimum atomic E-state index is -0.690. The van der Waals surface area contributed by atoms with Gasteiger partial charge in [-0.25, -0.2) is 9.79 Å². The molecular formula is C30H25IN2O4S2. The van der Waals surface area contributed by atoms with Crippen LogP contribution in [0.25, 0.3) is 11.8 Å². The van der Waals surface area contributed by atoms with E-state index in [-0.39, 0.29) is 12.2 Å². The van der Waals surface area contributed by atoms with Gasteiger partial charge in [-0.1, -0.05) is 59.9 Å². The first kappa shape index (κ1) is 27.4. The maximum atomic E-state index is 14.0. The van der Waals surface area contributed by atoms with Gasteiger partial charge in [-0.2, -0.15) is 0 Å². The lowest BCUT2D eigenvalue weighted by atomic mass is 9.93. The predicted octanol–water partition coefficient (Wildman–Crippen LogP) is 5.27. The van der Waals surface area contributed by atoms with Gasteiger partial charge in [0.15, 0.2) is 4.80 Å². The van der Waals surface area contributed by atoms with Crippen LogP contribution in [-0.2, 0) is 9.53 Å². The Balaban J connectivity index is 1.79. The average Bonchev–Trinajstić information content (AvgIpc) is 3.27. The van der Waals surface area contributed by atoms with Crippen LogP contribution in [-0.4, -0.2) is 30.5 Å². The van der Waals surface area contributed by atoms with Crippen molar-refractivity contribution in [3.8, 4) is 5.75 Å². The van der Waals surface area contributed by atoms with Crippen LogP contribution in [0.1, 0.15) is 29.7 Å². The molecule has 198 valence electrons. The molecule has 4 aromatic rings. The largest absolute Gasteiger partial charge is 0.496 e. The van der Waals surface area contributed by atoms with E-state index in [1.807, 2.05) is 85.1 Å². The van der Waals surface area contributed by atoms with Gasteiger partial charge in [0.2, 0.25) is 0 Å². The van der Waals surface area contributed by atoms with Gasteiger partial charge in [-0.3, -0.25) is 9.36 Å². The molecule has 0 unspecified atom stereocenters. The molecule has 39 heavy (non-hydrogen) atoms. The fourth-order valence-electron chi connectivity index (χ4n) is 4.47. The monoisotopic (exact) mass is 668 g/mol. The summed E-state index contributed by atoms with van der Waals surface area (Å²) in [5, 5.41) is 0. The van der Waals surface area contributed by atoms with E-state index in [1.54, 1.807) is 30.4 Å². The lowest BCUT2D eigenvalue weighted by molar-refractivity contribution is -0.138. The Morgan fingerprint density at radius 2 is 1.87 bits per heavy atom. The highest BCUT2D eigenvalue weighted by molar-refractivity contribution is 14.1. The van der Waals surface area contributed by atoms with Crippen molar-refractivity contribution < 1.29 is 14.3 Å². The number of benzene rings is 3. The summed E-state index contributed by atoms with van der Waals surface area (Å²) in [6.07, 6.45) is 3.87. The Bertz CT molecular complexity index is 1740. The van der Waals surface area contributed by atoms with E-state index in [1.165, 1.54) is 11.3 Å². The van der Waals surface area contributed by atoms with Gasteiger partial charge >= 0.3 is 5.97 Å². The zero-order valence-electron chi connectivity index (χ0n) is 21.5. The molecule has 0 spiro atoms. The smallest absolute Gasteiger partial charge is 0.338 e. The molecule has 0 bridgehead atoms. The van der Waals surface area contributed by atoms with Gasteiger partial charge in [0.25, 0.3) is 5.56 Å². The summed E-state index contributed by atoms with van der Waals surface area (Å²) in [5.74, 6) is 0.285. The predicted molar refractivity (Wildman–Crippen MR) is 165 cm³/mol. The van der Waals surface area contributed by atoms with E-state index >= 15 is 0 Å². The van der Waals surface area contributed by atoms with E-state index in [2.05, 4.69) is 22.6 Å². The number of fused-ring (bicyclic) bond motifs is 1. The lowest BCUT2D eigenvalue weighted by Gasteiger charge is -2.26. The molecule has 3 aromatic carbocycles. The number of aromatic nitrogens is 1. The first-order valence-corrected chi connectivity index (χ1v) is 15.3. The minimum absolute atomic E-state index is 0.211. The van der Waals surface area contributed by atoms with Crippen molar-refractivity contribution in [2.75, 3.05) is 20.0 Å². The van der Waals surface area contributed by atoms with Crippen LogP contribution < -0.4 is 19.6 Å². The van der Waals surface area contributed by atoms with Crippen molar-refractivity contribution in [2.24, 2.45) is 4.99 Å². The lowest BCUT2D eigenvalue weighted by Crippen LogP contribution is -2.40. The van der Waals surface area contributed by atoms with E-state index in [0.29, 0.717) is 20.6 Å². The number of rotatable bonds is 7. The molecule has 1 aromatic heterocycles. The molecule has 0 N–H and O–H groups in total. The second kappa shape index (κ2) is 11.9. The third-order valence-electron chi connectivity index (χ3n) is 6.28. The van der Waals surface area contributed by atoms with Crippen molar-refractivity contribution in [1.82, 2.24) is 4.57 Å². The molecule has 0 saturated carbocycles. The zero-order valence-corrected chi connectivity index (χ0v) is 25.3. The van der Waals surface area contributed by atoms with Gasteiger partial charge in [0, 0.05) is 10.5 Å². The first-order chi connectivity index (χ1) is 18.9. The number of methoxy groups -OCH3 is 1. The van der Waals surface area contributed by atoms with Crippen LogP contribution in [0.3, 0.4) is 0 Å². The number of esters is 1. The third kappa shape index (κ3) is 5.48. The van der Waals surface area contributed by atoms with Crippen LogP contribution in [0.5, 0.6) is 5.75 Å². The molecule has 6 nitrogen and oxygen atoms in total. The van der Waals surface area contributed by atoms with Crippen molar-refractivity contribution in [1.29, 1.82) is 0 Å². The number of nitrogens with zero attached hydrogens (tertiary/aromatic N) is 2. The summed E-state index contributed by atoms with van der Waals surface area (Å²) < 4.78 is 14.0. The van der Waals surface area contributed by atoms with E-state index < -0.39 is 12.0 Å². The van der Waals surface area contributed by atoms with Crippen LogP contribution in [0.4, 0.5) is 0 Å². The molecule has 0 saturated heterocycles. The first-order valence-electron chi connectivity index (χ1n) is 12.2. The van der Waals surface area contributed by atoms with E-state index in [4.69, 9.17) is 14.5 Å². The molecule has 2 heterocycles. The van der Waals surface area contributed by atoms with Crippen LogP contribution in [0.2, 0.25) is 0 Å². The standard InChI is InChI=1S/C30H25IN2O4S2/c1-4-37-29(35)25-26(19-8-6-5-7-9-19)32-30-33(27(25)20-11-13-21(38-3)14-12-20)28(34)24(39-30)17-18-10-15-23(36-2)22(31)16-18/h5-17,27H,4H2,1-3H3/b24-17+/t27-/m1/s1. The zero-order chi connectivity index (χ0) is 27.5. The molecule has 0 fully saturated rings. The van der Waals surface area contributed by atoms with Gasteiger partial charge in [0.05, 0.1) is 39.1 Å². The topological polar surface area (TPSA) is 69.9 Å². The Hall–Kier alpha value is -3.15. The van der Waals surface area contributed by atoms with Crippen molar-refractivity contribution >= 4 is 63.4 Å². The van der Waals surface area contributed by atoms with Crippen LogP contribution in [0, 0.1) is 3.57 Å². The van der Waals surface area contributed by atoms with Crippen LogP contribution in [0.15, 0.2) is 93.1 Å². The molecule has 1 atom stereocenters. The molecule has 1 aliphatic heterocycles. The van der Waals surface area contributed by atoms with Crippen molar-refractivity contribution in [3.05, 3.63) is 118 Å². The number of carbonyl (C=O) groups excluding carboxylic acids is 1. The molecule has 9 heteroatoms. The van der Waals surface area contributed by atoms with E-state index in [0.717, 1.165) is 30.9 Å². The number of hydrogen-bond donors (Lipinski definition) is 0. The SMILES string of the molecule is CCOC(=O)C1=C(c2ccccc2)N=c2s/c(=C/c3ccc(OC)c(I)c3)c(=O)n2[C@@H]1c1ccc(SC)cc1. The summed E-state index contributed by atoms with van der Waals surface area (Å²) in [6.45, 7) is 1.98.